The molecule has 0 spiro atoms. The molecule has 3 rings (SSSR count). The zero-order chi connectivity index (χ0) is 24.7. The number of hydrogen-bond acceptors (Lipinski definition) is 8. The normalized spacial score (nSPS) is 23.8. The number of benzene rings is 2. The molecule has 176 valence electrons. The summed E-state index contributed by atoms with van der Waals surface area (Å²) in [6.45, 7) is 3.25. The molecule has 5 atom stereocenters. The molecular formula is C24H23N3O7. The van der Waals surface area contributed by atoms with Gasteiger partial charge in [0.15, 0.2) is 0 Å². The summed E-state index contributed by atoms with van der Waals surface area (Å²) in [6.07, 6.45) is -2.16. The number of nitrogens with zero attached hydrogens (tertiary/aromatic N) is 3. The lowest BCUT2D eigenvalue weighted by Crippen LogP contribution is -2.52. The van der Waals surface area contributed by atoms with Crippen LogP contribution in [0.5, 0.6) is 0 Å². The van der Waals surface area contributed by atoms with Gasteiger partial charge in [0.25, 0.3) is 11.6 Å². The van der Waals surface area contributed by atoms with Crippen LogP contribution in [0.25, 0.3) is 10.4 Å². The number of ketones is 2. The second-order valence-electron chi connectivity index (χ2n) is 7.85. The van der Waals surface area contributed by atoms with Crippen LogP contribution in [0.4, 0.5) is 0 Å². The van der Waals surface area contributed by atoms with E-state index in [1.54, 1.807) is 50.2 Å². The summed E-state index contributed by atoms with van der Waals surface area (Å²) in [7, 11) is 0. The minimum atomic E-state index is -1.38. The molecular weight excluding hydrogens is 442 g/mol. The lowest BCUT2D eigenvalue weighted by molar-refractivity contribution is -0.232. The van der Waals surface area contributed by atoms with Gasteiger partial charge in [-0.15, -0.1) is 0 Å². The maximum absolute atomic E-state index is 12.5. The zero-order valence-corrected chi connectivity index (χ0v) is 18.6. The highest BCUT2D eigenvalue weighted by Crippen LogP contribution is 2.34. The molecule has 0 aromatic heterocycles. The number of carbonyl (C=O) groups excluding carboxylic acids is 4. The summed E-state index contributed by atoms with van der Waals surface area (Å²) in [5, 5.41) is 3.68. The van der Waals surface area contributed by atoms with E-state index in [-0.39, 0.29) is 29.6 Å². The Morgan fingerprint density at radius 1 is 0.882 bits per heavy atom. The van der Waals surface area contributed by atoms with Crippen molar-refractivity contribution in [2.75, 3.05) is 6.61 Å². The minimum Gasteiger partial charge on any atom is -0.457 e. The molecule has 1 aliphatic rings. The van der Waals surface area contributed by atoms with Gasteiger partial charge < -0.3 is 14.2 Å². The van der Waals surface area contributed by atoms with Crippen molar-refractivity contribution in [1.29, 1.82) is 0 Å². The Hall–Kier alpha value is -4.01. The van der Waals surface area contributed by atoms with E-state index in [1.807, 2.05) is 0 Å². The van der Waals surface area contributed by atoms with Crippen LogP contribution < -0.4 is 0 Å². The van der Waals surface area contributed by atoms with Gasteiger partial charge >= 0.3 is 11.9 Å². The van der Waals surface area contributed by atoms with Gasteiger partial charge in [0.05, 0.1) is 6.10 Å². The number of azide groups is 1. The van der Waals surface area contributed by atoms with Crippen molar-refractivity contribution in [1.82, 2.24) is 0 Å². The first kappa shape index (κ1) is 24.6. The topological polar surface area (TPSA) is 145 Å². The van der Waals surface area contributed by atoms with Crippen LogP contribution in [0, 0.1) is 11.8 Å². The number of esters is 2. The van der Waals surface area contributed by atoms with Gasteiger partial charge in [-0.05, 0) is 17.4 Å². The maximum atomic E-state index is 12.5. The van der Waals surface area contributed by atoms with E-state index in [4.69, 9.17) is 19.7 Å². The maximum Gasteiger partial charge on any atom is 0.381 e. The third kappa shape index (κ3) is 5.67. The van der Waals surface area contributed by atoms with E-state index in [0.29, 0.717) is 0 Å². The largest absolute Gasteiger partial charge is 0.457 e. The molecule has 2 aromatic carbocycles. The van der Waals surface area contributed by atoms with Gasteiger partial charge in [0, 0.05) is 16.0 Å². The Labute approximate surface area is 195 Å². The molecule has 0 N–H and O–H groups in total. The Kier molecular flexibility index (Phi) is 8.13. The van der Waals surface area contributed by atoms with E-state index in [9.17, 15) is 19.2 Å². The monoisotopic (exact) mass is 465 g/mol. The Bertz CT molecular complexity index is 1100. The molecule has 34 heavy (non-hydrogen) atoms. The first-order valence-electron chi connectivity index (χ1n) is 10.6. The Morgan fingerprint density at radius 2 is 1.41 bits per heavy atom. The third-order valence-corrected chi connectivity index (χ3v) is 5.77. The fourth-order valence-electron chi connectivity index (χ4n) is 3.58. The molecule has 10 nitrogen and oxygen atoms in total. The van der Waals surface area contributed by atoms with Crippen LogP contribution in [-0.4, -0.2) is 48.5 Å². The zero-order valence-electron chi connectivity index (χ0n) is 18.6. The van der Waals surface area contributed by atoms with Crippen LogP contribution in [0.1, 0.15) is 34.6 Å². The quantitative estimate of drug-likeness (QED) is 0.145. The van der Waals surface area contributed by atoms with Crippen LogP contribution >= 0.6 is 0 Å². The average Bonchev–Trinajstić information content (AvgIpc) is 2.87. The Morgan fingerprint density at radius 3 is 1.94 bits per heavy atom. The van der Waals surface area contributed by atoms with Crippen LogP contribution in [0.15, 0.2) is 65.8 Å². The molecule has 1 heterocycles. The molecule has 10 heteroatoms. The van der Waals surface area contributed by atoms with Crippen molar-refractivity contribution >= 4 is 23.5 Å². The number of rotatable bonds is 8. The summed E-state index contributed by atoms with van der Waals surface area (Å²) < 4.78 is 16.2. The lowest BCUT2D eigenvalue weighted by Gasteiger charge is -2.41. The van der Waals surface area contributed by atoms with E-state index in [0.717, 1.165) is 0 Å². The number of carbonyl (C=O) groups is 4. The molecule has 2 aromatic rings. The minimum absolute atomic E-state index is 0.134. The van der Waals surface area contributed by atoms with E-state index in [2.05, 4.69) is 10.0 Å². The predicted octanol–water partition coefficient (Wildman–Crippen LogP) is 3.51. The number of Topliss-reactive ketones (excluding diaryl/α,β-unsaturated/α-hetero) is 2. The van der Waals surface area contributed by atoms with Gasteiger partial charge in [-0.2, -0.15) is 0 Å². The van der Waals surface area contributed by atoms with Gasteiger partial charge in [-0.1, -0.05) is 79.6 Å². The van der Waals surface area contributed by atoms with Gasteiger partial charge in [0.1, 0.15) is 12.6 Å². The fraction of sp³-hybridized carbons (Fsp3) is 0.333. The SMILES string of the molecule is C[C@@H]1C(COC(=O)C(=O)c2ccccc2)OC(OC(=O)C(=O)c2ccccc2)C(N=[N+]=[N-])[C@H]1C. The molecule has 1 fully saturated rings. The van der Waals surface area contributed by atoms with Crippen LogP contribution in [0.3, 0.4) is 0 Å². The van der Waals surface area contributed by atoms with Gasteiger partial charge in [-0.25, -0.2) is 9.59 Å². The first-order valence-corrected chi connectivity index (χ1v) is 10.6. The highest BCUT2D eigenvalue weighted by Gasteiger charge is 2.44. The third-order valence-electron chi connectivity index (χ3n) is 5.77. The van der Waals surface area contributed by atoms with Gasteiger partial charge in [-0.3, -0.25) is 9.59 Å². The van der Waals surface area contributed by atoms with Crippen molar-refractivity contribution in [3.05, 3.63) is 82.2 Å². The molecule has 0 amide bonds. The van der Waals surface area contributed by atoms with Crippen molar-refractivity contribution in [3.8, 4) is 0 Å². The molecule has 1 aliphatic heterocycles. The Balaban J connectivity index is 1.70. The first-order chi connectivity index (χ1) is 16.3. The second-order valence-corrected chi connectivity index (χ2v) is 7.85. The summed E-state index contributed by atoms with van der Waals surface area (Å²) in [6, 6.07) is 14.9. The highest BCUT2D eigenvalue weighted by molar-refractivity contribution is 6.41. The number of hydrogen-bond donors (Lipinski definition) is 0. The summed E-state index contributed by atoms with van der Waals surface area (Å²) in [5.41, 5.74) is 9.28. The smallest absolute Gasteiger partial charge is 0.381 e. The average molecular weight is 465 g/mol. The predicted molar refractivity (Wildman–Crippen MR) is 119 cm³/mol. The summed E-state index contributed by atoms with van der Waals surface area (Å²) in [4.78, 5) is 52.1. The van der Waals surface area contributed by atoms with Crippen molar-refractivity contribution in [2.45, 2.75) is 32.3 Å². The molecule has 3 unspecified atom stereocenters. The summed E-state index contributed by atoms with van der Waals surface area (Å²) in [5.74, 6) is -4.57. The molecule has 0 saturated carbocycles. The molecule has 0 bridgehead atoms. The highest BCUT2D eigenvalue weighted by atomic mass is 16.7. The van der Waals surface area contributed by atoms with Crippen LogP contribution in [-0.2, 0) is 23.8 Å². The van der Waals surface area contributed by atoms with Crippen molar-refractivity contribution in [3.63, 3.8) is 0 Å². The molecule has 0 aliphatic carbocycles. The number of ether oxygens (including phenoxy) is 3. The van der Waals surface area contributed by atoms with Crippen LogP contribution in [0.2, 0.25) is 0 Å². The standard InChI is InChI=1S/C24H23N3O7/c1-14-15(2)19(26-27-25)24(34-23(31)21(29)17-11-7-4-8-12-17)33-18(14)13-32-22(30)20(28)16-9-5-3-6-10-16/h3-12,14-15,18-19,24H,13H2,1-2H3/t14-,15-,18?,19?,24?/m0/s1. The second kappa shape index (κ2) is 11.2. The molecule has 0 radical (unpaired) electrons. The van der Waals surface area contributed by atoms with E-state index >= 15 is 0 Å². The van der Waals surface area contributed by atoms with Gasteiger partial charge in [0.2, 0.25) is 6.29 Å². The van der Waals surface area contributed by atoms with E-state index < -0.39 is 41.9 Å². The van der Waals surface area contributed by atoms with E-state index in [1.165, 1.54) is 24.3 Å². The van der Waals surface area contributed by atoms with Crippen molar-refractivity contribution < 1.29 is 33.4 Å². The van der Waals surface area contributed by atoms with Crippen molar-refractivity contribution in [2.24, 2.45) is 17.0 Å². The fourth-order valence-corrected chi connectivity index (χ4v) is 3.58. The summed E-state index contributed by atoms with van der Waals surface area (Å²) >= 11 is 0. The lowest BCUT2D eigenvalue weighted by atomic mass is 9.82. The molecule has 1 saturated heterocycles.